The topological polar surface area (TPSA) is 65.0 Å². The monoisotopic (exact) mass is 402 g/mol. The number of aryl methyl sites for hydroxylation is 1. The van der Waals surface area contributed by atoms with Crippen LogP contribution in [0.1, 0.15) is 16.7 Å². The van der Waals surface area contributed by atoms with Gasteiger partial charge in [-0.1, -0.05) is 72.3 Å². The molecule has 5 aromatic rings. The highest BCUT2D eigenvalue weighted by Crippen LogP contribution is 2.31. The van der Waals surface area contributed by atoms with E-state index in [0.717, 1.165) is 28.4 Å². The zero-order chi connectivity index (χ0) is 21.4. The number of hydrogen-bond acceptors (Lipinski definition) is 2. The van der Waals surface area contributed by atoms with Crippen LogP contribution < -0.4 is 0 Å². The van der Waals surface area contributed by atoms with Crippen molar-refractivity contribution in [1.29, 1.82) is 10.9 Å². The summed E-state index contributed by atoms with van der Waals surface area (Å²) < 4.78 is 2.32. The van der Waals surface area contributed by atoms with Crippen LogP contribution in [0.3, 0.4) is 0 Å². The second-order valence-electron chi connectivity index (χ2n) is 7.86. The zero-order valence-corrected chi connectivity index (χ0v) is 17.3. The molecule has 2 N–H and O–H groups in total. The van der Waals surface area contributed by atoms with Crippen LogP contribution in [0, 0.1) is 17.9 Å². The minimum Gasteiger partial charge on any atom is -0.336 e. The van der Waals surface area contributed by atoms with Gasteiger partial charge in [-0.05, 0) is 47.9 Å². The van der Waals surface area contributed by atoms with Gasteiger partial charge in [0.15, 0.2) is 5.84 Å². The van der Waals surface area contributed by atoms with E-state index in [2.05, 4.69) is 83.3 Å². The lowest BCUT2D eigenvalue weighted by Gasteiger charge is -2.09. The van der Waals surface area contributed by atoms with Crippen LogP contribution in [0.2, 0.25) is 0 Å². The van der Waals surface area contributed by atoms with Crippen molar-refractivity contribution in [2.24, 2.45) is 5.11 Å². The molecule has 0 aliphatic carbocycles. The van der Waals surface area contributed by atoms with Gasteiger partial charge in [-0.3, -0.25) is 5.41 Å². The zero-order valence-electron chi connectivity index (χ0n) is 17.3. The molecule has 0 saturated carbocycles. The maximum absolute atomic E-state index is 7.89. The fourth-order valence-electron chi connectivity index (χ4n) is 4.17. The van der Waals surface area contributed by atoms with Gasteiger partial charge in [-0.25, -0.2) is 5.53 Å². The molecule has 0 unspecified atom stereocenters. The van der Waals surface area contributed by atoms with Crippen molar-refractivity contribution in [3.8, 4) is 11.1 Å². The van der Waals surface area contributed by atoms with E-state index >= 15 is 0 Å². The van der Waals surface area contributed by atoms with Gasteiger partial charge in [0.25, 0.3) is 0 Å². The van der Waals surface area contributed by atoms with Crippen molar-refractivity contribution in [3.05, 3.63) is 108 Å². The van der Waals surface area contributed by atoms with Crippen LogP contribution in [0.5, 0.6) is 0 Å². The first-order valence-corrected chi connectivity index (χ1v) is 10.3. The minimum atomic E-state index is -0.0228. The molecule has 1 aromatic heterocycles. The molecular weight excluding hydrogens is 380 g/mol. The number of fused-ring (bicyclic) bond motifs is 3. The van der Waals surface area contributed by atoms with Gasteiger partial charge in [0, 0.05) is 33.9 Å². The van der Waals surface area contributed by atoms with Gasteiger partial charge < -0.3 is 4.57 Å². The Bertz CT molecular complexity index is 1420. The molecule has 0 bridgehead atoms. The lowest BCUT2D eigenvalue weighted by Crippen LogP contribution is -2.00. The van der Waals surface area contributed by atoms with Crippen LogP contribution in [0.15, 0.2) is 96.1 Å². The lowest BCUT2D eigenvalue weighted by molar-refractivity contribution is 0.869. The summed E-state index contributed by atoms with van der Waals surface area (Å²) in [7, 11) is 0. The van der Waals surface area contributed by atoms with Crippen LogP contribution in [0.4, 0.5) is 0 Å². The van der Waals surface area contributed by atoms with Gasteiger partial charge in [-0.2, -0.15) is 0 Å². The Kier molecular flexibility index (Phi) is 4.68. The summed E-state index contributed by atoms with van der Waals surface area (Å²) in [5, 5.41) is 13.4. The van der Waals surface area contributed by atoms with Gasteiger partial charge in [-0.15, -0.1) is 5.11 Å². The molecule has 4 aromatic carbocycles. The Morgan fingerprint density at radius 1 is 0.774 bits per heavy atom. The van der Waals surface area contributed by atoms with Crippen LogP contribution in [-0.2, 0) is 6.54 Å². The Labute approximate surface area is 180 Å². The van der Waals surface area contributed by atoms with Crippen LogP contribution >= 0.6 is 0 Å². The van der Waals surface area contributed by atoms with E-state index in [-0.39, 0.29) is 5.84 Å². The van der Waals surface area contributed by atoms with Crippen LogP contribution in [0.25, 0.3) is 32.9 Å². The number of amidine groups is 1. The predicted octanol–water partition coefficient (Wildman–Crippen LogP) is 7.17. The first kappa shape index (κ1) is 18.9. The summed E-state index contributed by atoms with van der Waals surface area (Å²) in [5.41, 5.74) is 15.0. The molecule has 0 aliphatic rings. The molecular formula is C27H22N4. The van der Waals surface area contributed by atoms with Crippen molar-refractivity contribution < 1.29 is 0 Å². The molecule has 150 valence electrons. The third kappa shape index (κ3) is 3.42. The SMILES string of the molecule is Cc1ccc(-c2ccc(Cn3c4ccccc4c4cc(C(=N)N=N)ccc43)cc2)cc1. The Hall–Kier alpha value is -4.05. The molecule has 0 amide bonds. The van der Waals surface area contributed by atoms with Crippen LogP contribution in [-0.4, -0.2) is 10.4 Å². The highest BCUT2D eigenvalue weighted by molar-refractivity contribution is 6.11. The fraction of sp³-hybridized carbons (Fsp3) is 0.0741. The molecule has 31 heavy (non-hydrogen) atoms. The van der Waals surface area contributed by atoms with E-state index in [0.29, 0.717) is 5.56 Å². The molecule has 0 spiro atoms. The third-order valence-electron chi connectivity index (χ3n) is 5.84. The normalized spacial score (nSPS) is 11.1. The molecule has 0 aliphatic heterocycles. The molecule has 5 rings (SSSR count). The second kappa shape index (κ2) is 7.65. The van der Waals surface area contributed by atoms with Gasteiger partial charge in [0.2, 0.25) is 0 Å². The highest BCUT2D eigenvalue weighted by atomic mass is 15.0. The average Bonchev–Trinajstić information content (AvgIpc) is 3.13. The lowest BCUT2D eigenvalue weighted by atomic mass is 10.0. The summed E-state index contributed by atoms with van der Waals surface area (Å²) >= 11 is 0. The maximum Gasteiger partial charge on any atom is 0.173 e. The summed E-state index contributed by atoms with van der Waals surface area (Å²) in [6, 6.07) is 31.6. The maximum atomic E-state index is 7.89. The smallest absolute Gasteiger partial charge is 0.173 e. The van der Waals surface area contributed by atoms with E-state index in [1.807, 2.05) is 24.3 Å². The van der Waals surface area contributed by atoms with E-state index in [1.165, 1.54) is 22.3 Å². The van der Waals surface area contributed by atoms with E-state index < -0.39 is 0 Å². The second-order valence-corrected chi connectivity index (χ2v) is 7.86. The highest BCUT2D eigenvalue weighted by Gasteiger charge is 2.12. The molecule has 4 heteroatoms. The minimum absolute atomic E-state index is 0.0228. The molecule has 4 nitrogen and oxygen atoms in total. The summed E-state index contributed by atoms with van der Waals surface area (Å²) in [6.07, 6.45) is 0. The van der Waals surface area contributed by atoms with E-state index in [4.69, 9.17) is 10.9 Å². The Morgan fingerprint density at radius 3 is 2.13 bits per heavy atom. The predicted molar refractivity (Wildman–Crippen MR) is 127 cm³/mol. The van der Waals surface area contributed by atoms with Crippen molar-refractivity contribution >= 4 is 27.6 Å². The first-order chi connectivity index (χ1) is 15.1. The van der Waals surface area contributed by atoms with Gasteiger partial charge >= 0.3 is 0 Å². The number of nitrogens with zero attached hydrogens (tertiary/aromatic N) is 2. The van der Waals surface area contributed by atoms with Crippen molar-refractivity contribution in [3.63, 3.8) is 0 Å². The van der Waals surface area contributed by atoms with E-state index in [1.54, 1.807) is 0 Å². The largest absolute Gasteiger partial charge is 0.336 e. The number of nitrogens with one attached hydrogen (secondary N) is 2. The average molecular weight is 403 g/mol. The van der Waals surface area contributed by atoms with Crippen molar-refractivity contribution in [2.45, 2.75) is 13.5 Å². The summed E-state index contributed by atoms with van der Waals surface area (Å²) in [6.45, 7) is 2.87. The number of para-hydroxylation sites is 1. The van der Waals surface area contributed by atoms with Gasteiger partial charge in [0.05, 0.1) is 0 Å². The van der Waals surface area contributed by atoms with E-state index in [9.17, 15) is 0 Å². The molecule has 0 radical (unpaired) electrons. The summed E-state index contributed by atoms with van der Waals surface area (Å²) in [4.78, 5) is 0. The first-order valence-electron chi connectivity index (χ1n) is 10.3. The number of rotatable bonds is 4. The third-order valence-corrected chi connectivity index (χ3v) is 5.84. The molecule has 0 saturated heterocycles. The quantitative estimate of drug-likeness (QED) is 0.182. The molecule has 1 heterocycles. The fourth-order valence-corrected chi connectivity index (χ4v) is 4.17. The molecule has 0 fully saturated rings. The number of benzene rings is 4. The number of hydrogen-bond donors (Lipinski definition) is 2. The van der Waals surface area contributed by atoms with Crippen molar-refractivity contribution in [2.75, 3.05) is 0 Å². The van der Waals surface area contributed by atoms with Crippen molar-refractivity contribution in [1.82, 2.24) is 4.57 Å². The summed E-state index contributed by atoms with van der Waals surface area (Å²) in [5.74, 6) is -0.0228. The van der Waals surface area contributed by atoms with Gasteiger partial charge in [0.1, 0.15) is 0 Å². The standard InChI is InChI=1S/C27H22N4/c1-18-6-10-20(11-7-18)21-12-8-19(9-13-21)17-31-25-5-3-2-4-23(25)24-16-22(27(28)30-29)14-15-26(24)31/h2-16,28-29H,17H2,1H3. The Morgan fingerprint density at radius 2 is 1.42 bits per heavy atom. The Balaban J connectivity index is 1.56. The molecule has 0 atom stereocenters. The number of aromatic nitrogens is 1.